The predicted molar refractivity (Wildman–Crippen MR) is 60.5 cm³/mol. The second-order valence-electron chi connectivity index (χ2n) is 4.52. The molecule has 0 aliphatic carbocycles. The number of carbonyl (C=O) groups is 1. The molecule has 1 aliphatic heterocycles. The van der Waals surface area contributed by atoms with Crippen LogP contribution in [0, 0.1) is 6.92 Å². The summed E-state index contributed by atoms with van der Waals surface area (Å²) in [6.45, 7) is 3.19. The standard InChI is InChI=1S/C13H16O3/c1-10-3-2-4-11(7-10)13(8-12(14)15)5-6-16-9-13/h2-4,7H,5-6,8-9H2,1H3,(H,14,15). The average molecular weight is 220 g/mol. The van der Waals surface area contributed by atoms with Gasteiger partial charge in [-0.25, -0.2) is 0 Å². The molecule has 1 aliphatic rings. The SMILES string of the molecule is Cc1cccc(C2(CC(=O)O)CCOC2)c1. The Balaban J connectivity index is 2.35. The summed E-state index contributed by atoms with van der Waals surface area (Å²) < 4.78 is 5.39. The number of rotatable bonds is 3. The zero-order valence-corrected chi connectivity index (χ0v) is 9.40. The summed E-state index contributed by atoms with van der Waals surface area (Å²) in [6.07, 6.45) is 0.944. The number of benzene rings is 1. The molecule has 86 valence electrons. The zero-order valence-electron chi connectivity index (χ0n) is 9.40. The number of carboxylic acids is 1. The number of carboxylic acid groups (broad SMARTS) is 1. The van der Waals surface area contributed by atoms with Gasteiger partial charge in [0.05, 0.1) is 13.0 Å². The highest BCUT2D eigenvalue weighted by Crippen LogP contribution is 2.36. The molecule has 1 N–H and O–H groups in total. The molecule has 3 heteroatoms. The summed E-state index contributed by atoms with van der Waals surface area (Å²) in [6, 6.07) is 8.07. The van der Waals surface area contributed by atoms with Gasteiger partial charge in [0.15, 0.2) is 0 Å². The summed E-state index contributed by atoms with van der Waals surface area (Å²) in [5, 5.41) is 9.01. The van der Waals surface area contributed by atoms with Crippen molar-refractivity contribution >= 4 is 5.97 Å². The number of aryl methyl sites for hydroxylation is 1. The van der Waals surface area contributed by atoms with Crippen molar-refractivity contribution in [2.24, 2.45) is 0 Å². The Morgan fingerprint density at radius 3 is 2.94 bits per heavy atom. The molecule has 1 unspecified atom stereocenters. The van der Waals surface area contributed by atoms with Gasteiger partial charge < -0.3 is 9.84 Å². The molecule has 16 heavy (non-hydrogen) atoms. The monoisotopic (exact) mass is 220 g/mol. The zero-order chi connectivity index (χ0) is 11.6. The molecule has 0 amide bonds. The van der Waals surface area contributed by atoms with Crippen LogP contribution >= 0.6 is 0 Å². The maximum Gasteiger partial charge on any atom is 0.304 e. The van der Waals surface area contributed by atoms with Crippen molar-refractivity contribution < 1.29 is 14.6 Å². The fourth-order valence-corrected chi connectivity index (χ4v) is 2.34. The van der Waals surface area contributed by atoms with E-state index in [2.05, 4.69) is 6.07 Å². The van der Waals surface area contributed by atoms with Crippen molar-refractivity contribution in [2.45, 2.75) is 25.2 Å². The van der Waals surface area contributed by atoms with E-state index in [4.69, 9.17) is 9.84 Å². The second kappa shape index (κ2) is 4.26. The first-order valence-electron chi connectivity index (χ1n) is 5.49. The van der Waals surface area contributed by atoms with Gasteiger partial charge in [0, 0.05) is 12.0 Å². The number of aliphatic carboxylic acids is 1. The minimum absolute atomic E-state index is 0.149. The largest absolute Gasteiger partial charge is 0.481 e. The van der Waals surface area contributed by atoms with Crippen molar-refractivity contribution in [3.63, 3.8) is 0 Å². The van der Waals surface area contributed by atoms with E-state index in [-0.39, 0.29) is 11.8 Å². The Morgan fingerprint density at radius 1 is 1.56 bits per heavy atom. The fraction of sp³-hybridized carbons (Fsp3) is 0.462. The van der Waals surface area contributed by atoms with Gasteiger partial charge in [-0.3, -0.25) is 4.79 Å². The van der Waals surface area contributed by atoms with Crippen LogP contribution in [0.1, 0.15) is 24.0 Å². The van der Waals surface area contributed by atoms with Crippen molar-refractivity contribution in [1.82, 2.24) is 0 Å². The third-order valence-corrected chi connectivity index (χ3v) is 3.22. The van der Waals surface area contributed by atoms with Gasteiger partial charge in [-0.2, -0.15) is 0 Å². The summed E-state index contributed by atoms with van der Waals surface area (Å²) >= 11 is 0. The van der Waals surface area contributed by atoms with Crippen molar-refractivity contribution in [3.8, 4) is 0 Å². The molecule has 1 aromatic carbocycles. The lowest BCUT2D eigenvalue weighted by Gasteiger charge is -2.26. The van der Waals surface area contributed by atoms with Gasteiger partial charge in [0.1, 0.15) is 0 Å². The van der Waals surface area contributed by atoms with Crippen molar-refractivity contribution in [1.29, 1.82) is 0 Å². The maximum absolute atomic E-state index is 11.0. The van der Waals surface area contributed by atoms with Gasteiger partial charge in [0.2, 0.25) is 0 Å². The maximum atomic E-state index is 11.0. The van der Waals surface area contributed by atoms with E-state index < -0.39 is 5.97 Å². The second-order valence-corrected chi connectivity index (χ2v) is 4.52. The van der Waals surface area contributed by atoms with E-state index >= 15 is 0 Å². The van der Waals surface area contributed by atoms with E-state index in [1.54, 1.807) is 0 Å². The molecule has 0 radical (unpaired) electrons. The summed E-state index contributed by atoms with van der Waals surface area (Å²) in [5.41, 5.74) is 1.93. The fourth-order valence-electron chi connectivity index (χ4n) is 2.34. The van der Waals surface area contributed by atoms with Crippen LogP contribution in [0.5, 0.6) is 0 Å². The third kappa shape index (κ3) is 2.09. The molecule has 0 aromatic heterocycles. The van der Waals surface area contributed by atoms with Crippen LogP contribution in [0.25, 0.3) is 0 Å². The molecule has 1 saturated heterocycles. The first-order chi connectivity index (χ1) is 7.62. The normalized spacial score (nSPS) is 24.6. The van der Waals surface area contributed by atoms with Crippen LogP contribution in [0.3, 0.4) is 0 Å². The topological polar surface area (TPSA) is 46.5 Å². The lowest BCUT2D eigenvalue weighted by atomic mass is 9.76. The van der Waals surface area contributed by atoms with E-state index in [0.717, 1.165) is 17.5 Å². The molecule has 0 bridgehead atoms. The molecule has 1 fully saturated rings. The summed E-state index contributed by atoms with van der Waals surface area (Å²) in [5.74, 6) is -0.757. The highest BCUT2D eigenvalue weighted by molar-refractivity contribution is 5.69. The number of ether oxygens (including phenoxy) is 1. The van der Waals surface area contributed by atoms with Crippen molar-refractivity contribution in [2.75, 3.05) is 13.2 Å². The molecule has 1 heterocycles. The molecule has 3 nitrogen and oxygen atoms in total. The molecule has 0 saturated carbocycles. The smallest absolute Gasteiger partial charge is 0.304 e. The minimum Gasteiger partial charge on any atom is -0.481 e. The molecular weight excluding hydrogens is 204 g/mol. The van der Waals surface area contributed by atoms with E-state index in [1.165, 1.54) is 0 Å². The van der Waals surface area contributed by atoms with Gasteiger partial charge in [-0.1, -0.05) is 29.8 Å². The Hall–Kier alpha value is -1.35. The van der Waals surface area contributed by atoms with Crippen LogP contribution in [-0.4, -0.2) is 24.3 Å². The van der Waals surface area contributed by atoms with E-state index in [0.29, 0.717) is 13.2 Å². The van der Waals surface area contributed by atoms with Crippen molar-refractivity contribution in [3.05, 3.63) is 35.4 Å². The van der Waals surface area contributed by atoms with Gasteiger partial charge in [0.25, 0.3) is 0 Å². The molecule has 1 atom stereocenters. The Labute approximate surface area is 95.0 Å². The van der Waals surface area contributed by atoms with Gasteiger partial charge in [-0.05, 0) is 18.9 Å². The lowest BCUT2D eigenvalue weighted by molar-refractivity contribution is -0.138. The number of hydrogen-bond donors (Lipinski definition) is 1. The van der Waals surface area contributed by atoms with Gasteiger partial charge in [-0.15, -0.1) is 0 Å². The van der Waals surface area contributed by atoms with Gasteiger partial charge >= 0.3 is 5.97 Å². The third-order valence-electron chi connectivity index (χ3n) is 3.22. The quantitative estimate of drug-likeness (QED) is 0.848. The van der Waals surface area contributed by atoms with Crippen LogP contribution < -0.4 is 0 Å². The first-order valence-corrected chi connectivity index (χ1v) is 5.49. The summed E-state index contributed by atoms with van der Waals surface area (Å²) in [4.78, 5) is 11.0. The highest BCUT2D eigenvalue weighted by Gasteiger charge is 2.38. The Morgan fingerprint density at radius 2 is 2.38 bits per heavy atom. The predicted octanol–water partition coefficient (Wildman–Crippen LogP) is 2.13. The average Bonchev–Trinajstić information content (AvgIpc) is 2.66. The van der Waals surface area contributed by atoms with Crippen LogP contribution in [0.15, 0.2) is 24.3 Å². The molecule has 0 spiro atoms. The van der Waals surface area contributed by atoms with Crippen LogP contribution in [0.2, 0.25) is 0 Å². The highest BCUT2D eigenvalue weighted by atomic mass is 16.5. The molecule has 2 rings (SSSR count). The van der Waals surface area contributed by atoms with E-state index in [9.17, 15) is 4.79 Å². The Kier molecular flexibility index (Phi) is 2.97. The first kappa shape index (κ1) is 11.1. The lowest BCUT2D eigenvalue weighted by Crippen LogP contribution is -2.29. The van der Waals surface area contributed by atoms with E-state index in [1.807, 2.05) is 25.1 Å². The summed E-state index contributed by atoms with van der Waals surface area (Å²) in [7, 11) is 0. The minimum atomic E-state index is -0.757. The van der Waals surface area contributed by atoms with Crippen LogP contribution in [-0.2, 0) is 14.9 Å². The molecular formula is C13H16O3. The van der Waals surface area contributed by atoms with Crippen LogP contribution in [0.4, 0.5) is 0 Å². The Bertz CT molecular complexity index is 392. The molecule has 1 aromatic rings. The number of hydrogen-bond acceptors (Lipinski definition) is 2.